The highest BCUT2D eigenvalue weighted by Gasteiger charge is 2.21. The molecule has 0 saturated heterocycles. The molecule has 1 heterocycles. The molecule has 0 saturated carbocycles. The van der Waals surface area contributed by atoms with Gasteiger partial charge in [-0.05, 0) is 0 Å². The van der Waals surface area contributed by atoms with Crippen molar-refractivity contribution in [3.8, 4) is 5.88 Å². The van der Waals surface area contributed by atoms with Crippen LogP contribution >= 0.6 is 15.9 Å². The number of carbonyl (C=O) groups is 1. The van der Waals surface area contributed by atoms with E-state index in [9.17, 15) is 13.6 Å². The second-order valence-electron chi connectivity index (χ2n) is 2.88. The number of aromatic nitrogens is 1. The quantitative estimate of drug-likeness (QED) is 0.927. The molecule has 88 valence electrons. The minimum absolute atomic E-state index is 0.0105. The van der Waals surface area contributed by atoms with Crippen LogP contribution in [0.3, 0.4) is 0 Å². The third-order valence-corrected chi connectivity index (χ3v) is 2.53. The zero-order valence-corrected chi connectivity index (χ0v) is 9.79. The van der Waals surface area contributed by atoms with E-state index < -0.39 is 24.5 Å². The molecule has 0 aromatic carbocycles. The standard InChI is InChI=1S/C9H8BrF2NO3/c1-16-6-3-5(10)4(2-7(14)15)8(13-6)9(11)12/h3,9H,2H2,1H3,(H,14,15). The lowest BCUT2D eigenvalue weighted by molar-refractivity contribution is -0.136. The molecule has 0 aliphatic rings. The van der Waals surface area contributed by atoms with Gasteiger partial charge in [0.25, 0.3) is 6.43 Å². The molecule has 4 nitrogen and oxygen atoms in total. The van der Waals surface area contributed by atoms with Gasteiger partial charge in [0, 0.05) is 16.1 Å². The monoisotopic (exact) mass is 295 g/mol. The summed E-state index contributed by atoms with van der Waals surface area (Å²) < 4.78 is 30.3. The van der Waals surface area contributed by atoms with Crippen molar-refractivity contribution in [2.24, 2.45) is 0 Å². The first-order chi connectivity index (χ1) is 7.45. The van der Waals surface area contributed by atoms with Crippen LogP contribution in [-0.2, 0) is 11.2 Å². The van der Waals surface area contributed by atoms with Crippen LogP contribution < -0.4 is 4.74 Å². The molecule has 1 aromatic heterocycles. The van der Waals surface area contributed by atoms with E-state index >= 15 is 0 Å². The fraction of sp³-hybridized carbons (Fsp3) is 0.333. The number of carboxylic acid groups (broad SMARTS) is 1. The minimum Gasteiger partial charge on any atom is -0.481 e. The molecule has 0 radical (unpaired) electrons. The van der Waals surface area contributed by atoms with Crippen molar-refractivity contribution in [2.75, 3.05) is 7.11 Å². The summed E-state index contributed by atoms with van der Waals surface area (Å²) in [6, 6.07) is 1.35. The van der Waals surface area contributed by atoms with Gasteiger partial charge in [0.15, 0.2) is 0 Å². The Morgan fingerprint density at radius 1 is 1.69 bits per heavy atom. The number of carboxylic acids is 1. The molecule has 0 fully saturated rings. The molecule has 1 N–H and O–H groups in total. The predicted octanol–water partition coefficient (Wildman–Crippen LogP) is 2.42. The summed E-state index contributed by atoms with van der Waals surface area (Å²) in [6.45, 7) is 0. The number of hydrogen-bond donors (Lipinski definition) is 1. The van der Waals surface area contributed by atoms with Crippen molar-refractivity contribution >= 4 is 21.9 Å². The average molecular weight is 296 g/mol. The number of ether oxygens (including phenoxy) is 1. The number of nitrogens with zero attached hydrogens (tertiary/aromatic N) is 1. The van der Waals surface area contributed by atoms with Gasteiger partial charge in [-0.3, -0.25) is 4.79 Å². The third-order valence-electron chi connectivity index (χ3n) is 1.82. The summed E-state index contributed by atoms with van der Waals surface area (Å²) in [4.78, 5) is 14.1. The van der Waals surface area contributed by atoms with Crippen LogP contribution in [0.5, 0.6) is 5.88 Å². The number of pyridine rings is 1. The molecule has 0 amide bonds. The van der Waals surface area contributed by atoms with E-state index in [-0.39, 0.29) is 15.9 Å². The van der Waals surface area contributed by atoms with Crippen LogP contribution in [-0.4, -0.2) is 23.2 Å². The molecule has 16 heavy (non-hydrogen) atoms. The van der Waals surface area contributed by atoms with Crippen molar-refractivity contribution in [1.29, 1.82) is 0 Å². The Morgan fingerprint density at radius 2 is 2.31 bits per heavy atom. The lowest BCUT2D eigenvalue weighted by Gasteiger charge is -2.10. The van der Waals surface area contributed by atoms with Gasteiger partial charge in [0.05, 0.1) is 13.5 Å². The summed E-state index contributed by atoms with van der Waals surface area (Å²) in [7, 11) is 1.29. The lowest BCUT2D eigenvalue weighted by Crippen LogP contribution is -2.08. The van der Waals surface area contributed by atoms with Gasteiger partial charge in [0.1, 0.15) is 5.69 Å². The maximum Gasteiger partial charge on any atom is 0.307 e. The van der Waals surface area contributed by atoms with Crippen LogP contribution in [0.2, 0.25) is 0 Å². The van der Waals surface area contributed by atoms with E-state index in [0.717, 1.165) is 0 Å². The van der Waals surface area contributed by atoms with E-state index in [1.54, 1.807) is 0 Å². The predicted molar refractivity (Wildman–Crippen MR) is 54.8 cm³/mol. The SMILES string of the molecule is COc1cc(Br)c(CC(=O)O)c(C(F)F)n1. The summed E-state index contributed by atoms with van der Waals surface area (Å²) in [5, 5.41) is 8.60. The van der Waals surface area contributed by atoms with E-state index in [2.05, 4.69) is 20.9 Å². The maximum atomic E-state index is 12.6. The van der Waals surface area contributed by atoms with Crippen molar-refractivity contribution in [1.82, 2.24) is 4.98 Å². The van der Waals surface area contributed by atoms with Crippen molar-refractivity contribution in [2.45, 2.75) is 12.8 Å². The first-order valence-corrected chi connectivity index (χ1v) is 4.98. The largest absolute Gasteiger partial charge is 0.481 e. The summed E-state index contributed by atoms with van der Waals surface area (Å²) >= 11 is 3.02. The Kier molecular flexibility index (Phi) is 4.17. The normalized spacial score (nSPS) is 10.6. The first-order valence-electron chi connectivity index (χ1n) is 4.19. The van der Waals surface area contributed by atoms with E-state index in [1.165, 1.54) is 13.2 Å². The Labute approximate surface area is 98.4 Å². The molecule has 0 bridgehead atoms. The highest BCUT2D eigenvalue weighted by atomic mass is 79.9. The van der Waals surface area contributed by atoms with Gasteiger partial charge < -0.3 is 9.84 Å². The average Bonchev–Trinajstić information content (AvgIpc) is 2.19. The van der Waals surface area contributed by atoms with Crippen molar-refractivity contribution in [3.63, 3.8) is 0 Å². The lowest BCUT2D eigenvalue weighted by atomic mass is 10.1. The minimum atomic E-state index is -2.85. The highest BCUT2D eigenvalue weighted by Crippen LogP contribution is 2.30. The van der Waals surface area contributed by atoms with Gasteiger partial charge >= 0.3 is 5.97 Å². The van der Waals surface area contributed by atoms with Crippen LogP contribution in [0, 0.1) is 0 Å². The molecule has 0 spiro atoms. The number of alkyl halides is 2. The summed E-state index contributed by atoms with van der Waals surface area (Å²) in [5.74, 6) is -1.19. The van der Waals surface area contributed by atoms with Crippen LogP contribution in [0.25, 0.3) is 0 Å². The molecular weight excluding hydrogens is 288 g/mol. The zero-order chi connectivity index (χ0) is 12.3. The van der Waals surface area contributed by atoms with Gasteiger partial charge in [-0.25, -0.2) is 13.8 Å². The third kappa shape index (κ3) is 2.88. The molecule has 0 atom stereocenters. The number of methoxy groups -OCH3 is 1. The fourth-order valence-corrected chi connectivity index (χ4v) is 1.69. The molecule has 0 aliphatic heterocycles. The van der Waals surface area contributed by atoms with E-state index in [4.69, 9.17) is 9.84 Å². The van der Waals surface area contributed by atoms with Crippen LogP contribution in [0.15, 0.2) is 10.5 Å². The second kappa shape index (κ2) is 5.20. The number of halogens is 3. The Balaban J connectivity index is 3.27. The molecular formula is C9H8BrF2NO3. The number of rotatable bonds is 4. The zero-order valence-electron chi connectivity index (χ0n) is 8.21. The van der Waals surface area contributed by atoms with Crippen molar-refractivity contribution in [3.05, 3.63) is 21.8 Å². The Morgan fingerprint density at radius 3 is 2.75 bits per heavy atom. The molecule has 1 aromatic rings. The van der Waals surface area contributed by atoms with E-state index in [1.807, 2.05) is 0 Å². The molecule has 0 unspecified atom stereocenters. The molecule has 7 heteroatoms. The van der Waals surface area contributed by atoms with Crippen LogP contribution in [0.4, 0.5) is 8.78 Å². The maximum absolute atomic E-state index is 12.6. The highest BCUT2D eigenvalue weighted by molar-refractivity contribution is 9.10. The van der Waals surface area contributed by atoms with Gasteiger partial charge in [-0.2, -0.15) is 0 Å². The Bertz CT molecular complexity index is 412. The summed E-state index contributed by atoms with van der Waals surface area (Å²) in [6.07, 6.45) is -3.36. The van der Waals surface area contributed by atoms with Crippen molar-refractivity contribution < 1.29 is 23.4 Å². The fourth-order valence-electron chi connectivity index (χ4n) is 1.15. The number of aliphatic carboxylic acids is 1. The summed E-state index contributed by atoms with van der Waals surface area (Å²) in [5.41, 5.74) is -0.614. The molecule has 1 rings (SSSR count). The van der Waals surface area contributed by atoms with Gasteiger partial charge in [0.2, 0.25) is 5.88 Å². The first kappa shape index (κ1) is 12.8. The molecule has 0 aliphatic carbocycles. The second-order valence-corrected chi connectivity index (χ2v) is 3.74. The topological polar surface area (TPSA) is 59.4 Å². The van der Waals surface area contributed by atoms with Crippen LogP contribution in [0.1, 0.15) is 17.7 Å². The smallest absolute Gasteiger partial charge is 0.307 e. The van der Waals surface area contributed by atoms with E-state index in [0.29, 0.717) is 0 Å². The number of hydrogen-bond acceptors (Lipinski definition) is 3. The van der Waals surface area contributed by atoms with Gasteiger partial charge in [-0.1, -0.05) is 15.9 Å². The van der Waals surface area contributed by atoms with Gasteiger partial charge in [-0.15, -0.1) is 0 Å². The Hall–Kier alpha value is -1.24.